The first-order valence-corrected chi connectivity index (χ1v) is 7.17. The largest absolute Gasteiger partial charge is 0.504 e. The summed E-state index contributed by atoms with van der Waals surface area (Å²) < 4.78 is 1.07. The summed E-state index contributed by atoms with van der Waals surface area (Å²) in [5.41, 5.74) is 4.38. The Morgan fingerprint density at radius 1 is 1.21 bits per heavy atom. The molecule has 0 amide bonds. The van der Waals surface area contributed by atoms with Gasteiger partial charge in [-0.15, -0.1) is 0 Å². The molecule has 0 saturated heterocycles. The van der Waals surface area contributed by atoms with Crippen LogP contribution in [0.3, 0.4) is 0 Å². The summed E-state index contributed by atoms with van der Waals surface area (Å²) in [6, 6.07) is 10.0. The molecular weight excluding hydrogens is 304 g/mol. The average Bonchev–Trinajstić information content (AvgIpc) is 2.80. The zero-order valence-corrected chi connectivity index (χ0v) is 12.2. The third-order valence-electron chi connectivity index (χ3n) is 3.96. The van der Waals surface area contributed by atoms with E-state index in [-0.39, 0.29) is 11.5 Å². The number of phenolic OH excluding ortho intramolecular Hbond substituents is 2. The van der Waals surface area contributed by atoms with Crippen LogP contribution >= 0.6 is 15.9 Å². The Hall–Kier alpha value is -1.48. The smallest absolute Gasteiger partial charge is 0.160 e. The standard InChI is InChI=1S/C16H15BrO2/c1-9-15-11(8-14(18)16(9)19)5-6-13(15)10-3-2-4-12(17)7-10/h2-4,7-8,13,18-19H,5-6H2,1H3. The minimum Gasteiger partial charge on any atom is -0.504 e. The number of aryl methyl sites for hydroxylation is 1. The minimum absolute atomic E-state index is 0.00820. The summed E-state index contributed by atoms with van der Waals surface area (Å²) >= 11 is 3.50. The second kappa shape index (κ2) is 4.57. The maximum atomic E-state index is 9.93. The van der Waals surface area contributed by atoms with Crippen molar-refractivity contribution in [1.29, 1.82) is 0 Å². The van der Waals surface area contributed by atoms with E-state index in [0.29, 0.717) is 5.92 Å². The van der Waals surface area contributed by atoms with E-state index in [1.807, 2.05) is 19.1 Å². The maximum absolute atomic E-state index is 9.93. The molecule has 0 saturated carbocycles. The van der Waals surface area contributed by atoms with E-state index < -0.39 is 0 Å². The van der Waals surface area contributed by atoms with E-state index >= 15 is 0 Å². The third-order valence-corrected chi connectivity index (χ3v) is 4.45. The summed E-state index contributed by atoms with van der Waals surface area (Å²) in [6.45, 7) is 1.88. The number of hydrogen-bond donors (Lipinski definition) is 2. The molecule has 1 atom stereocenters. The molecule has 0 bridgehead atoms. The highest BCUT2D eigenvalue weighted by molar-refractivity contribution is 9.10. The third kappa shape index (κ3) is 2.02. The first-order chi connectivity index (χ1) is 9.08. The highest BCUT2D eigenvalue weighted by Crippen LogP contribution is 2.45. The molecule has 1 aliphatic rings. The van der Waals surface area contributed by atoms with Gasteiger partial charge in [0.05, 0.1) is 0 Å². The second-order valence-corrected chi connectivity index (χ2v) is 6.00. The van der Waals surface area contributed by atoms with Gasteiger partial charge in [-0.25, -0.2) is 0 Å². The van der Waals surface area contributed by atoms with Gasteiger partial charge in [-0.3, -0.25) is 0 Å². The van der Waals surface area contributed by atoms with Crippen molar-refractivity contribution in [1.82, 2.24) is 0 Å². The molecule has 0 fully saturated rings. The summed E-state index contributed by atoms with van der Waals surface area (Å²) in [6.07, 6.45) is 1.97. The topological polar surface area (TPSA) is 40.5 Å². The van der Waals surface area contributed by atoms with Crippen LogP contribution in [0.25, 0.3) is 0 Å². The van der Waals surface area contributed by atoms with Crippen LogP contribution in [-0.2, 0) is 6.42 Å². The van der Waals surface area contributed by atoms with Gasteiger partial charge < -0.3 is 10.2 Å². The number of hydrogen-bond acceptors (Lipinski definition) is 2. The van der Waals surface area contributed by atoms with Crippen LogP contribution in [0.5, 0.6) is 11.5 Å². The Bertz CT molecular complexity index is 649. The van der Waals surface area contributed by atoms with E-state index in [1.54, 1.807) is 6.07 Å². The molecule has 0 aliphatic heterocycles. The Kier molecular flexibility index (Phi) is 3.02. The van der Waals surface area contributed by atoms with Crippen LogP contribution < -0.4 is 0 Å². The van der Waals surface area contributed by atoms with Crippen LogP contribution in [0.15, 0.2) is 34.8 Å². The lowest BCUT2D eigenvalue weighted by Gasteiger charge is -2.16. The lowest BCUT2D eigenvalue weighted by molar-refractivity contribution is 0.400. The number of rotatable bonds is 1. The van der Waals surface area contributed by atoms with Crippen molar-refractivity contribution < 1.29 is 10.2 Å². The molecule has 3 rings (SSSR count). The van der Waals surface area contributed by atoms with Crippen molar-refractivity contribution >= 4 is 15.9 Å². The van der Waals surface area contributed by atoms with Crippen LogP contribution in [0, 0.1) is 6.92 Å². The zero-order chi connectivity index (χ0) is 13.6. The SMILES string of the molecule is Cc1c(O)c(O)cc2c1C(c1cccc(Br)c1)CC2. The van der Waals surface area contributed by atoms with Crippen LogP contribution in [-0.4, -0.2) is 10.2 Å². The van der Waals surface area contributed by atoms with Crippen molar-refractivity contribution in [2.45, 2.75) is 25.7 Å². The first-order valence-electron chi connectivity index (χ1n) is 6.37. The first kappa shape index (κ1) is 12.5. The summed E-state index contributed by atoms with van der Waals surface area (Å²) in [4.78, 5) is 0. The molecule has 2 N–H and O–H groups in total. The summed E-state index contributed by atoms with van der Waals surface area (Å²) in [7, 11) is 0. The Labute approximate surface area is 120 Å². The summed E-state index contributed by atoms with van der Waals surface area (Å²) in [5, 5.41) is 19.6. The molecule has 98 valence electrons. The molecule has 0 aromatic heterocycles. The quantitative estimate of drug-likeness (QED) is 0.772. The number of aromatic hydroxyl groups is 2. The van der Waals surface area contributed by atoms with Crippen LogP contribution in [0.4, 0.5) is 0 Å². The van der Waals surface area contributed by atoms with Crippen molar-refractivity contribution in [3.05, 3.63) is 57.1 Å². The second-order valence-electron chi connectivity index (χ2n) is 5.09. The molecule has 2 nitrogen and oxygen atoms in total. The van der Waals surface area contributed by atoms with Gasteiger partial charge >= 0.3 is 0 Å². The lowest BCUT2D eigenvalue weighted by atomic mass is 9.89. The molecule has 0 radical (unpaired) electrons. The lowest BCUT2D eigenvalue weighted by Crippen LogP contribution is -1.99. The molecule has 2 aromatic carbocycles. The number of benzene rings is 2. The fourth-order valence-electron chi connectivity index (χ4n) is 3.06. The maximum Gasteiger partial charge on any atom is 0.160 e. The predicted octanol–water partition coefficient (Wildman–Crippen LogP) is 4.25. The number of phenols is 2. The van der Waals surface area contributed by atoms with E-state index in [4.69, 9.17) is 0 Å². The molecule has 1 unspecified atom stereocenters. The van der Waals surface area contributed by atoms with E-state index in [0.717, 1.165) is 28.4 Å². The molecule has 2 aromatic rings. The zero-order valence-electron chi connectivity index (χ0n) is 10.7. The van der Waals surface area contributed by atoms with Crippen LogP contribution in [0.1, 0.15) is 34.6 Å². The monoisotopic (exact) mass is 318 g/mol. The predicted molar refractivity (Wildman–Crippen MR) is 78.8 cm³/mol. The summed E-state index contributed by atoms with van der Waals surface area (Å²) in [5.74, 6) is 0.311. The van der Waals surface area contributed by atoms with Gasteiger partial charge in [0.2, 0.25) is 0 Å². The van der Waals surface area contributed by atoms with Crippen molar-refractivity contribution in [2.75, 3.05) is 0 Å². The fourth-order valence-corrected chi connectivity index (χ4v) is 3.48. The number of halogens is 1. The highest BCUT2D eigenvalue weighted by atomic mass is 79.9. The molecular formula is C16H15BrO2. The van der Waals surface area contributed by atoms with Crippen LogP contribution in [0.2, 0.25) is 0 Å². The van der Waals surface area contributed by atoms with E-state index in [9.17, 15) is 10.2 Å². The van der Waals surface area contributed by atoms with Gasteiger partial charge in [0.1, 0.15) is 0 Å². The van der Waals surface area contributed by atoms with Gasteiger partial charge in [0, 0.05) is 10.4 Å². The molecule has 3 heteroatoms. The van der Waals surface area contributed by atoms with Crippen molar-refractivity contribution in [3.8, 4) is 11.5 Å². The van der Waals surface area contributed by atoms with Gasteiger partial charge in [0.15, 0.2) is 11.5 Å². The van der Waals surface area contributed by atoms with Gasteiger partial charge in [-0.1, -0.05) is 28.1 Å². The number of fused-ring (bicyclic) bond motifs is 1. The van der Waals surface area contributed by atoms with Crippen molar-refractivity contribution in [2.24, 2.45) is 0 Å². The molecule has 0 heterocycles. The van der Waals surface area contributed by atoms with E-state index in [2.05, 4.69) is 28.1 Å². The van der Waals surface area contributed by atoms with Gasteiger partial charge in [0.25, 0.3) is 0 Å². The molecule has 1 aliphatic carbocycles. The normalized spacial score (nSPS) is 17.5. The highest BCUT2D eigenvalue weighted by Gasteiger charge is 2.28. The Morgan fingerprint density at radius 3 is 2.74 bits per heavy atom. The van der Waals surface area contributed by atoms with Gasteiger partial charge in [-0.05, 0) is 60.2 Å². The molecule has 19 heavy (non-hydrogen) atoms. The Morgan fingerprint density at radius 2 is 2.00 bits per heavy atom. The molecule has 0 spiro atoms. The van der Waals surface area contributed by atoms with E-state index in [1.165, 1.54) is 11.1 Å². The van der Waals surface area contributed by atoms with Gasteiger partial charge in [-0.2, -0.15) is 0 Å². The minimum atomic E-state index is -0.00820. The Balaban J connectivity index is 2.14. The fraction of sp³-hybridized carbons (Fsp3) is 0.250. The average molecular weight is 319 g/mol. The van der Waals surface area contributed by atoms with Crippen molar-refractivity contribution in [3.63, 3.8) is 0 Å².